The highest BCUT2D eigenvalue weighted by molar-refractivity contribution is 5.92. The molecule has 4 atom stereocenters. The van der Waals surface area contributed by atoms with Crippen molar-refractivity contribution in [2.24, 2.45) is 0 Å². The van der Waals surface area contributed by atoms with Crippen molar-refractivity contribution in [1.82, 2.24) is 26.2 Å². The molecule has 3 aromatic carbocycles. The average Bonchev–Trinajstić information content (AvgIpc) is 3.11. The minimum absolute atomic E-state index is 0.102. The molecule has 0 radical (unpaired) electrons. The topological polar surface area (TPSA) is 158 Å². The number of aliphatic hydroxyl groups excluding tert-OH is 1. The van der Waals surface area contributed by atoms with Gasteiger partial charge in [-0.05, 0) is 42.2 Å². The number of hydrogen-bond acceptors (Lipinski definition) is 8. The van der Waals surface area contributed by atoms with E-state index in [0.717, 1.165) is 16.7 Å². The third-order valence-electron chi connectivity index (χ3n) is 8.06. The van der Waals surface area contributed by atoms with Gasteiger partial charge in [0.2, 0.25) is 17.7 Å². The molecule has 48 heavy (non-hydrogen) atoms. The summed E-state index contributed by atoms with van der Waals surface area (Å²) in [6, 6.07) is 22.5. The lowest BCUT2D eigenvalue weighted by Crippen LogP contribution is -2.58. The highest BCUT2D eigenvalue weighted by atomic mass is 16.5. The lowest BCUT2D eigenvalue weighted by Gasteiger charge is -2.28. The highest BCUT2D eigenvalue weighted by Crippen LogP contribution is 2.14. The Bertz CT molecular complexity index is 1470. The summed E-state index contributed by atoms with van der Waals surface area (Å²) < 4.78 is 10.6. The van der Waals surface area contributed by atoms with Gasteiger partial charge in [-0.1, -0.05) is 72.8 Å². The summed E-state index contributed by atoms with van der Waals surface area (Å²) in [7, 11) is 1.55. The fourth-order valence-electron chi connectivity index (χ4n) is 5.28. The molecule has 1 saturated heterocycles. The molecule has 1 aliphatic rings. The number of hydrogen-bond donors (Lipinski definition) is 5. The van der Waals surface area contributed by atoms with E-state index in [1.165, 1.54) is 0 Å². The molecule has 4 rings (SSSR count). The van der Waals surface area contributed by atoms with Crippen LogP contribution in [0.15, 0.2) is 84.9 Å². The zero-order chi connectivity index (χ0) is 34.3. The maximum absolute atomic E-state index is 13.9. The molecule has 1 fully saturated rings. The summed E-state index contributed by atoms with van der Waals surface area (Å²) >= 11 is 0. The molecule has 0 bridgehead atoms. The van der Waals surface area contributed by atoms with Crippen LogP contribution in [0.5, 0.6) is 5.75 Å². The zero-order valence-electron chi connectivity index (χ0n) is 27.4. The molecule has 1 heterocycles. The number of amides is 4. The molecule has 4 amide bonds. The van der Waals surface area contributed by atoms with Crippen LogP contribution in [0.3, 0.4) is 0 Å². The third-order valence-corrected chi connectivity index (χ3v) is 8.06. The van der Waals surface area contributed by atoms with E-state index in [0.29, 0.717) is 32.1 Å². The Kier molecular flexibility index (Phi) is 13.9. The van der Waals surface area contributed by atoms with Gasteiger partial charge in [0.05, 0.1) is 32.9 Å². The Morgan fingerprint density at radius 2 is 1.38 bits per heavy atom. The Morgan fingerprint density at radius 1 is 0.771 bits per heavy atom. The Hall–Kier alpha value is -4.78. The molecular formula is C36H45N5O7. The monoisotopic (exact) mass is 659 g/mol. The maximum atomic E-state index is 13.9. The summed E-state index contributed by atoms with van der Waals surface area (Å²) in [5.41, 5.74) is 2.39. The van der Waals surface area contributed by atoms with Gasteiger partial charge in [-0.25, -0.2) is 0 Å². The fourth-order valence-corrected chi connectivity index (χ4v) is 5.28. The first-order valence-corrected chi connectivity index (χ1v) is 16.1. The average molecular weight is 660 g/mol. The van der Waals surface area contributed by atoms with Crippen LogP contribution < -0.4 is 26.0 Å². The molecular weight excluding hydrogens is 614 g/mol. The lowest BCUT2D eigenvalue weighted by molar-refractivity contribution is -0.134. The van der Waals surface area contributed by atoms with Gasteiger partial charge in [0.1, 0.15) is 17.8 Å². The van der Waals surface area contributed by atoms with Gasteiger partial charge < -0.3 is 35.8 Å². The van der Waals surface area contributed by atoms with Crippen LogP contribution in [0, 0.1) is 0 Å². The number of nitrogens with one attached hydrogen (secondary N) is 4. The summed E-state index contributed by atoms with van der Waals surface area (Å²) in [5.74, 6) is -1.48. The molecule has 3 aromatic rings. The number of rotatable bonds is 16. The second kappa shape index (κ2) is 18.5. The van der Waals surface area contributed by atoms with Crippen molar-refractivity contribution in [3.05, 3.63) is 102 Å². The minimum Gasteiger partial charge on any atom is -0.497 e. The van der Waals surface area contributed by atoms with Crippen molar-refractivity contribution in [3.63, 3.8) is 0 Å². The molecule has 1 aliphatic heterocycles. The SMILES string of the molecule is COc1ccc(C[C@H](NC(=O)[C@H](C)NC(=O)CN2CCOCC2)C(=O)NC(Cc2ccccc2)C(O)C(=O)NCc2ccccc2)cc1. The molecule has 0 spiro atoms. The largest absolute Gasteiger partial charge is 0.497 e. The summed E-state index contributed by atoms with van der Waals surface area (Å²) in [6.45, 7) is 4.21. The normalized spacial score (nSPS) is 15.6. The van der Waals surface area contributed by atoms with Crippen molar-refractivity contribution in [2.75, 3.05) is 40.0 Å². The van der Waals surface area contributed by atoms with Gasteiger partial charge >= 0.3 is 0 Å². The number of carbonyl (C=O) groups excluding carboxylic acids is 4. The van der Waals surface area contributed by atoms with E-state index in [4.69, 9.17) is 9.47 Å². The van der Waals surface area contributed by atoms with Crippen LogP contribution in [0.4, 0.5) is 0 Å². The predicted molar refractivity (Wildman–Crippen MR) is 180 cm³/mol. The third kappa shape index (κ3) is 11.5. The fraction of sp³-hybridized carbons (Fsp3) is 0.389. The second-order valence-corrected chi connectivity index (χ2v) is 11.7. The summed E-state index contributed by atoms with van der Waals surface area (Å²) in [4.78, 5) is 55.0. The lowest BCUT2D eigenvalue weighted by atomic mass is 9.98. The van der Waals surface area contributed by atoms with Crippen LogP contribution in [0.2, 0.25) is 0 Å². The number of benzene rings is 3. The Labute approximate surface area is 281 Å². The molecule has 2 unspecified atom stereocenters. The smallest absolute Gasteiger partial charge is 0.251 e. The molecule has 0 aliphatic carbocycles. The van der Waals surface area contributed by atoms with E-state index in [2.05, 4.69) is 21.3 Å². The van der Waals surface area contributed by atoms with E-state index < -0.39 is 42.0 Å². The molecule has 12 heteroatoms. The molecule has 256 valence electrons. The van der Waals surface area contributed by atoms with Crippen molar-refractivity contribution in [2.45, 2.75) is 50.5 Å². The first-order valence-electron chi connectivity index (χ1n) is 16.1. The van der Waals surface area contributed by atoms with E-state index in [9.17, 15) is 24.3 Å². The van der Waals surface area contributed by atoms with Gasteiger partial charge in [-0.15, -0.1) is 0 Å². The second-order valence-electron chi connectivity index (χ2n) is 11.7. The van der Waals surface area contributed by atoms with E-state index in [-0.39, 0.29) is 31.8 Å². The van der Waals surface area contributed by atoms with E-state index in [1.54, 1.807) is 38.3 Å². The minimum atomic E-state index is -1.59. The Morgan fingerprint density at radius 3 is 2.00 bits per heavy atom. The number of ether oxygens (including phenoxy) is 2. The van der Waals surface area contributed by atoms with Gasteiger partial charge in [0, 0.05) is 26.1 Å². The standard InChI is InChI=1S/C36H45N5O7/c1-25(38-32(42)24-41-17-19-48-20-18-41)34(44)40-31(22-27-13-15-29(47-2)16-14-27)35(45)39-30(21-26-9-5-3-6-10-26)33(43)36(46)37-23-28-11-7-4-8-12-28/h3-16,25,30-31,33,43H,17-24H2,1-2H3,(H,37,46)(H,38,42)(H,39,45)(H,40,44)/t25-,30?,31-,33?/m0/s1. The summed E-state index contributed by atoms with van der Waals surface area (Å²) in [5, 5.41) is 22.3. The van der Waals surface area contributed by atoms with Crippen LogP contribution in [-0.4, -0.2) is 97.8 Å². The van der Waals surface area contributed by atoms with Crippen molar-refractivity contribution in [3.8, 4) is 5.75 Å². The van der Waals surface area contributed by atoms with Crippen LogP contribution >= 0.6 is 0 Å². The Balaban J connectivity index is 1.48. The van der Waals surface area contributed by atoms with Crippen LogP contribution in [-0.2, 0) is 43.3 Å². The maximum Gasteiger partial charge on any atom is 0.251 e. The van der Waals surface area contributed by atoms with Crippen LogP contribution in [0.1, 0.15) is 23.6 Å². The molecule has 0 aromatic heterocycles. The quantitative estimate of drug-likeness (QED) is 0.152. The van der Waals surface area contributed by atoms with Crippen molar-refractivity contribution in [1.29, 1.82) is 0 Å². The number of nitrogens with zero attached hydrogens (tertiary/aromatic N) is 1. The number of carbonyl (C=O) groups is 4. The van der Waals surface area contributed by atoms with Crippen molar-refractivity contribution >= 4 is 23.6 Å². The highest BCUT2D eigenvalue weighted by Gasteiger charge is 2.32. The van der Waals surface area contributed by atoms with Gasteiger partial charge in [-0.3, -0.25) is 24.1 Å². The number of aliphatic hydroxyl groups is 1. The zero-order valence-corrected chi connectivity index (χ0v) is 27.4. The molecule has 5 N–H and O–H groups in total. The first-order chi connectivity index (χ1) is 23.2. The molecule has 12 nitrogen and oxygen atoms in total. The number of methoxy groups -OCH3 is 1. The van der Waals surface area contributed by atoms with Gasteiger partial charge in [-0.2, -0.15) is 0 Å². The summed E-state index contributed by atoms with van der Waals surface area (Å²) in [6.07, 6.45) is -1.33. The number of morpholine rings is 1. The van der Waals surface area contributed by atoms with Gasteiger partial charge in [0.15, 0.2) is 6.10 Å². The predicted octanol–water partition coefficient (Wildman–Crippen LogP) is 0.964. The van der Waals surface area contributed by atoms with Crippen molar-refractivity contribution < 1.29 is 33.8 Å². The van der Waals surface area contributed by atoms with E-state index >= 15 is 0 Å². The molecule has 0 saturated carbocycles. The van der Waals surface area contributed by atoms with Gasteiger partial charge in [0.25, 0.3) is 5.91 Å². The van der Waals surface area contributed by atoms with E-state index in [1.807, 2.05) is 65.6 Å². The van der Waals surface area contributed by atoms with Crippen LogP contribution in [0.25, 0.3) is 0 Å². The first kappa shape index (κ1) is 36.1.